The molecule has 2 aromatic rings. The van der Waals surface area contributed by atoms with Crippen LogP contribution in [0.5, 0.6) is 11.5 Å². The molecule has 0 radical (unpaired) electrons. The number of carbonyl (C=O) groups excluding carboxylic acids is 1. The predicted octanol–water partition coefficient (Wildman–Crippen LogP) is 3.61. The van der Waals surface area contributed by atoms with Crippen molar-refractivity contribution in [1.82, 2.24) is 0 Å². The molecule has 0 amide bonds. The van der Waals surface area contributed by atoms with Crippen LogP contribution in [0.2, 0.25) is 0 Å². The van der Waals surface area contributed by atoms with Gasteiger partial charge >= 0.3 is 0 Å². The van der Waals surface area contributed by atoms with E-state index < -0.39 is 0 Å². The maximum absolute atomic E-state index is 9.24. The van der Waals surface area contributed by atoms with Crippen LogP contribution in [0, 0.1) is 6.92 Å². The molecular weight excluding hydrogens is 266 g/mol. The Balaban J connectivity index is 0.000000354. The Morgan fingerprint density at radius 3 is 2.00 bits per heavy atom. The summed E-state index contributed by atoms with van der Waals surface area (Å²) in [5, 5.41) is 18.0. The van der Waals surface area contributed by atoms with Gasteiger partial charge in [0.25, 0.3) is 0 Å². The number of nitrogens with two attached hydrogens (primary N) is 1. The fourth-order valence-electron chi connectivity index (χ4n) is 1.65. The van der Waals surface area contributed by atoms with Crippen LogP contribution in [0.15, 0.2) is 42.5 Å². The minimum atomic E-state index is 0.213. The molecule has 114 valence electrons. The molecule has 4 nitrogen and oxygen atoms in total. The van der Waals surface area contributed by atoms with Crippen molar-refractivity contribution in [3.8, 4) is 11.5 Å². The molecule has 4 heteroatoms. The predicted molar refractivity (Wildman–Crippen MR) is 86.6 cm³/mol. The summed E-state index contributed by atoms with van der Waals surface area (Å²) in [6.45, 7) is 8.23. The van der Waals surface area contributed by atoms with Gasteiger partial charge in [0.15, 0.2) is 0 Å². The Hall–Kier alpha value is -2.49. The molecule has 4 N–H and O–H groups in total. The fraction of sp³-hybridized carbons (Fsp3) is 0.235. The summed E-state index contributed by atoms with van der Waals surface area (Å²) >= 11 is 0. The summed E-state index contributed by atoms with van der Waals surface area (Å²) < 4.78 is 0. The Labute approximate surface area is 125 Å². The van der Waals surface area contributed by atoms with Gasteiger partial charge in [-0.05, 0) is 48.2 Å². The Bertz CT molecular complexity index is 516. The number of aryl methyl sites for hydroxylation is 1. The smallest absolute Gasteiger partial charge is 0.117 e. The van der Waals surface area contributed by atoms with Crippen LogP contribution in [0.1, 0.15) is 30.9 Å². The highest BCUT2D eigenvalue weighted by Crippen LogP contribution is 2.21. The second-order valence-electron chi connectivity index (χ2n) is 4.85. The molecule has 0 heterocycles. The molecule has 0 aliphatic carbocycles. The van der Waals surface area contributed by atoms with Crippen LogP contribution in [0.3, 0.4) is 0 Å². The van der Waals surface area contributed by atoms with Crippen LogP contribution in [0.25, 0.3) is 0 Å². The molecule has 0 aromatic heterocycles. The van der Waals surface area contributed by atoms with E-state index in [0.29, 0.717) is 17.4 Å². The third-order valence-electron chi connectivity index (χ3n) is 2.62. The van der Waals surface area contributed by atoms with E-state index in [1.807, 2.05) is 19.8 Å². The molecule has 0 saturated heterocycles. The molecule has 0 saturated carbocycles. The average molecular weight is 289 g/mol. The standard InChI is InChI=1S/C10H14O.C6H7NO.CH2O/c1-7(2)9-4-8(3)5-10(11)6-9;7-5-2-1-3-6(8)4-5;1-2/h4-7,11H,1-3H3;1-4,8H,7H2;1H2. The van der Waals surface area contributed by atoms with E-state index in [1.54, 1.807) is 24.3 Å². The van der Waals surface area contributed by atoms with Crippen LogP contribution < -0.4 is 5.73 Å². The van der Waals surface area contributed by atoms with Crippen molar-refractivity contribution in [2.45, 2.75) is 26.7 Å². The quantitative estimate of drug-likeness (QED) is 0.700. The molecule has 0 aliphatic heterocycles. The third-order valence-corrected chi connectivity index (χ3v) is 2.62. The highest BCUT2D eigenvalue weighted by molar-refractivity contribution is 5.42. The van der Waals surface area contributed by atoms with Crippen molar-refractivity contribution in [1.29, 1.82) is 0 Å². The fourth-order valence-corrected chi connectivity index (χ4v) is 1.65. The van der Waals surface area contributed by atoms with Gasteiger partial charge in [-0.15, -0.1) is 0 Å². The van der Waals surface area contributed by atoms with Gasteiger partial charge < -0.3 is 20.7 Å². The van der Waals surface area contributed by atoms with E-state index >= 15 is 0 Å². The Kier molecular flexibility index (Phi) is 8.30. The molecule has 21 heavy (non-hydrogen) atoms. The zero-order valence-corrected chi connectivity index (χ0v) is 12.7. The van der Waals surface area contributed by atoms with Gasteiger partial charge in [0.2, 0.25) is 0 Å². The normalized spacial score (nSPS) is 9.14. The number of rotatable bonds is 1. The molecule has 0 atom stereocenters. The van der Waals surface area contributed by atoms with Crippen molar-refractivity contribution in [3.05, 3.63) is 53.6 Å². The molecule has 0 fully saturated rings. The number of hydrogen-bond acceptors (Lipinski definition) is 4. The van der Waals surface area contributed by atoms with Crippen LogP contribution in [-0.2, 0) is 4.79 Å². The highest BCUT2D eigenvalue weighted by atomic mass is 16.3. The number of anilines is 1. The van der Waals surface area contributed by atoms with Crippen molar-refractivity contribution >= 4 is 12.5 Å². The first-order valence-electron chi connectivity index (χ1n) is 6.52. The second kappa shape index (κ2) is 9.42. The van der Waals surface area contributed by atoms with E-state index in [-0.39, 0.29) is 5.75 Å². The second-order valence-corrected chi connectivity index (χ2v) is 4.85. The van der Waals surface area contributed by atoms with Gasteiger partial charge in [-0.1, -0.05) is 26.0 Å². The molecule has 0 aliphatic rings. The average Bonchev–Trinajstić information content (AvgIpc) is 2.40. The van der Waals surface area contributed by atoms with E-state index in [4.69, 9.17) is 15.6 Å². The van der Waals surface area contributed by atoms with Crippen molar-refractivity contribution < 1.29 is 15.0 Å². The summed E-state index contributed by atoms with van der Waals surface area (Å²) in [7, 11) is 0. The number of phenolic OH excluding ortho intramolecular Hbond substituents is 2. The summed E-state index contributed by atoms with van der Waals surface area (Å²) in [6, 6.07) is 12.2. The lowest BCUT2D eigenvalue weighted by molar-refractivity contribution is -0.0979. The van der Waals surface area contributed by atoms with Crippen molar-refractivity contribution in [2.75, 3.05) is 5.73 Å². The SMILES string of the molecule is C=O.Cc1cc(O)cc(C(C)C)c1.Nc1cccc(O)c1. The van der Waals surface area contributed by atoms with Crippen LogP contribution in [-0.4, -0.2) is 17.0 Å². The van der Waals surface area contributed by atoms with Crippen molar-refractivity contribution in [2.24, 2.45) is 0 Å². The maximum Gasteiger partial charge on any atom is 0.117 e. The molecule has 0 spiro atoms. The minimum absolute atomic E-state index is 0.213. The van der Waals surface area contributed by atoms with Gasteiger partial charge in [0.1, 0.15) is 18.3 Å². The summed E-state index contributed by atoms with van der Waals surface area (Å²) in [5.74, 6) is 1.07. The van der Waals surface area contributed by atoms with E-state index in [1.165, 1.54) is 11.6 Å². The Morgan fingerprint density at radius 2 is 1.62 bits per heavy atom. The van der Waals surface area contributed by atoms with E-state index in [9.17, 15) is 5.11 Å². The zero-order valence-electron chi connectivity index (χ0n) is 12.7. The zero-order chi connectivity index (χ0) is 16.4. The van der Waals surface area contributed by atoms with Gasteiger partial charge in [-0.25, -0.2) is 0 Å². The molecule has 0 unspecified atom stereocenters. The first-order chi connectivity index (χ1) is 9.88. The number of carbonyl (C=O) groups is 1. The van der Waals surface area contributed by atoms with Crippen LogP contribution in [0.4, 0.5) is 5.69 Å². The van der Waals surface area contributed by atoms with Gasteiger partial charge in [0, 0.05) is 11.8 Å². The Morgan fingerprint density at radius 1 is 1.00 bits per heavy atom. The lowest BCUT2D eigenvalue weighted by Gasteiger charge is -2.06. The molecule has 0 bridgehead atoms. The monoisotopic (exact) mass is 289 g/mol. The highest BCUT2D eigenvalue weighted by Gasteiger charge is 2.00. The van der Waals surface area contributed by atoms with E-state index in [2.05, 4.69) is 19.9 Å². The van der Waals surface area contributed by atoms with Crippen LogP contribution >= 0.6 is 0 Å². The largest absolute Gasteiger partial charge is 0.508 e. The topological polar surface area (TPSA) is 83.5 Å². The lowest BCUT2D eigenvalue weighted by atomic mass is 10.0. The number of nitrogen functional groups attached to an aromatic ring is 1. The lowest BCUT2D eigenvalue weighted by Crippen LogP contribution is -1.87. The number of benzene rings is 2. The van der Waals surface area contributed by atoms with Gasteiger partial charge in [0.05, 0.1) is 0 Å². The van der Waals surface area contributed by atoms with Crippen molar-refractivity contribution in [3.63, 3.8) is 0 Å². The number of phenols is 2. The first kappa shape index (κ1) is 18.5. The summed E-state index contributed by atoms with van der Waals surface area (Å²) in [4.78, 5) is 8.00. The minimum Gasteiger partial charge on any atom is -0.508 e. The number of hydrogen-bond donors (Lipinski definition) is 3. The summed E-state index contributed by atoms with van der Waals surface area (Å²) in [5.41, 5.74) is 8.20. The molecule has 2 aromatic carbocycles. The summed E-state index contributed by atoms with van der Waals surface area (Å²) in [6.07, 6.45) is 0. The molecular formula is C17H23NO3. The van der Waals surface area contributed by atoms with E-state index in [0.717, 1.165) is 5.56 Å². The van der Waals surface area contributed by atoms with Gasteiger partial charge in [-0.3, -0.25) is 0 Å². The molecule has 2 rings (SSSR count). The third kappa shape index (κ3) is 7.62. The van der Waals surface area contributed by atoms with Gasteiger partial charge in [-0.2, -0.15) is 0 Å². The number of aromatic hydroxyl groups is 2. The maximum atomic E-state index is 9.24. The first-order valence-corrected chi connectivity index (χ1v) is 6.52.